The summed E-state index contributed by atoms with van der Waals surface area (Å²) in [7, 11) is 0. The number of aromatic nitrogens is 5. The Labute approximate surface area is 214 Å². The van der Waals surface area contributed by atoms with Crippen LogP contribution in [0.3, 0.4) is 0 Å². The molecule has 2 aromatic carbocycles. The molecule has 0 aliphatic carbocycles. The molecule has 10 nitrogen and oxygen atoms in total. The lowest BCUT2D eigenvalue weighted by Crippen LogP contribution is -2.32. The van der Waals surface area contributed by atoms with Crippen molar-refractivity contribution in [3.05, 3.63) is 87.9 Å². The van der Waals surface area contributed by atoms with Gasteiger partial charge in [-0.25, -0.2) is 24.1 Å². The summed E-state index contributed by atoms with van der Waals surface area (Å²) >= 11 is 12.5. The monoisotopic (exact) mass is 526 g/mol. The molecule has 2 N–H and O–H groups in total. The summed E-state index contributed by atoms with van der Waals surface area (Å²) in [6.07, 6.45) is 4.47. The highest BCUT2D eigenvalue weighted by atomic mass is 35.5. The molecule has 0 saturated heterocycles. The predicted octanol–water partition coefficient (Wildman–Crippen LogP) is 4.84. The van der Waals surface area contributed by atoms with Crippen LogP contribution in [0.5, 0.6) is 5.75 Å². The smallest absolute Gasteiger partial charge is 0.319 e. The maximum Gasteiger partial charge on any atom is 0.319 e. The normalized spacial score (nSPS) is 11.4. The van der Waals surface area contributed by atoms with Gasteiger partial charge in [0.1, 0.15) is 30.6 Å². The third-order valence-corrected chi connectivity index (χ3v) is 5.47. The van der Waals surface area contributed by atoms with Gasteiger partial charge in [-0.2, -0.15) is 15.0 Å². The molecule has 2 amide bonds. The molecule has 0 fully saturated rings. The lowest BCUT2D eigenvalue weighted by Gasteiger charge is -2.16. The molecule has 0 spiro atoms. The molecule has 182 valence electrons. The molecule has 0 bridgehead atoms. The van der Waals surface area contributed by atoms with Crippen LogP contribution >= 0.6 is 23.2 Å². The van der Waals surface area contributed by atoms with Crippen molar-refractivity contribution < 1.29 is 13.9 Å². The number of rotatable bonds is 7. The Morgan fingerprint density at radius 3 is 2.72 bits per heavy atom. The molecule has 36 heavy (non-hydrogen) atoms. The number of nitriles is 1. The maximum absolute atomic E-state index is 13.5. The zero-order valence-corrected chi connectivity index (χ0v) is 20.1. The van der Waals surface area contributed by atoms with E-state index in [4.69, 9.17) is 33.2 Å². The van der Waals surface area contributed by atoms with Crippen LogP contribution in [0.2, 0.25) is 10.0 Å². The zero-order chi connectivity index (χ0) is 25.7. The summed E-state index contributed by atoms with van der Waals surface area (Å²) in [5.41, 5.74) is 0.707. The van der Waals surface area contributed by atoms with E-state index in [1.165, 1.54) is 41.3 Å². The molecule has 0 saturated carbocycles. The largest absolute Gasteiger partial charge is 0.487 e. The Hall–Kier alpha value is -4.27. The summed E-state index contributed by atoms with van der Waals surface area (Å²) in [6, 6.07) is 9.26. The second-order valence-electron chi connectivity index (χ2n) is 7.38. The maximum atomic E-state index is 13.5. The van der Waals surface area contributed by atoms with Crippen LogP contribution in [0.15, 0.2) is 55.1 Å². The van der Waals surface area contributed by atoms with Gasteiger partial charge in [-0.15, -0.1) is 0 Å². The number of nitrogens with zero attached hydrogens (tertiary/aromatic N) is 6. The predicted molar refractivity (Wildman–Crippen MR) is 129 cm³/mol. The number of carbonyl (C=O) groups is 1. The van der Waals surface area contributed by atoms with Gasteiger partial charge in [-0.3, -0.25) is 0 Å². The number of anilines is 1. The summed E-state index contributed by atoms with van der Waals surface area (Å²) in [5, 5.41) is 18.9. The van der Waals surface area contributed by atoms with Crippen molar-refractivity contribution in [1.82, 2.24) is 30.0 Å². The van der Waals surface area contributed by atoms with Crippen LogP contribution in [-0.4, -0.2) is 30.8 Å². The number of amides is 2. The standard InChI is InChI=1S/C23H17Cl2FN8O2/c1-13(21-30-12-31-34(21)22-28-5-2-6-29-22)32-23(35)33-19-9-20(17(25)8-16(19)24)36-11-14-3-4-18(26)15(7-14)10-27/h2-9,12-13H,11H2,1H3,(H2,32,33,35)/t13-/m0/s1. The lowest BCUT2D eigenvalue weighted by atomic mass is 10.1. The van der Waals surface area contributed by atoms with Gasteiger partial charge in [0.25, 0.3) is 5.95 Å². The third kappa shape index (κ3) is 5.68. The van der Waals surface area contributed by atoms with Crippen molar-refractivity contribution in [3.63, 3.8) is 0 Å². The summed E-state index contributed by atoms with van der Waals surface area (Å²) in [5.74, 6) is 0.337. The fraction of sp³-hybridized carbons (Fsp3) is 0.130. The summed E-state index contributed by atoms with van der Waals surface area (Å²) in [4.78, 5) is 25.1. The van der Waals surface area contributed by atoms with Crippen LogP contribution in [0, 0.1) is 17.1 Å². The van der Waals surface area contributed by atoms with Gasteiger partial charge in [0.05, 0.1) is 27.3 Å². The van der Waals surface area contributed by atoms with E-state index in [9.17, 15) is 9.18 Å². The van der Waals surface area contributed by atoms with Gasteiger partial charge >= 0.3 is 6.03 Å². The Bertz CT molecular complexity index is 1440. The van der Waals surface area contributed by atoms with E-state index in [0.717, 1.165) is 0 Å². The van der Waals surface area contributed by atoms with E-state index >= 15 is 0 Å². The summed E-state index contributed by atoms with van der Waals surface area (Å²) < 4.78 is 20.7. The lowest BCUT2D eigenvalue weighted by molar-refractivity contribution is 0.248. The van der Waals surface area contributed by atoms with Crippen LogP contribution in [0.25, 0.3) is 5.95 Å². The van der Waals surface area contributed by atoms with Crippen molar-refractivity contribution in [3.8, 4) is 17.8 Å². The van der Waals surface area contributed by atoms with E-state index in [2.05, 4.69) is 30.7 Å². The highest BCUT2D eigenvalue weighted by molar-refractivity contribution is 6.37. The van der Waals surface area contributed by atoms with Gasteiger partial charge in [0.2, 0.25) is 0 Å². The molecule has 0 radical (unpaired) electrons. The van der Waals surface area contributed by atoms with E-state index in [1.807, 2.05) is 0 Å². The minimum atomic E-state index is -0.618. The number of benzene rings is 2. The fourth-order valence-electron chi connectivity index (χ4n) is 3.16. The van der Waals surface area contributed by atoms with Gasteiger partial charge in [0, 0.05) is 18.5 Å². The van der Waals surface area contributed by atoms with Crippen LogP contribution in [-0.2, 0) is 6.61 Å². The van der Waals surface area contributed by atoms with Crippen molar-refractivity contribution in [1.29, 1.82) is 5.26 Å². The van der Waals surface area contributed by atoms with E-state index in [-0.39, 0.29) is 33.7 Å². The molecular weight excluding hydrogens is 510 g/mol. The van der Waals surface area contributed by atoms with Crippen molar-refractivity contribution >= 4 is 34.9 Å². The molecule has 13 heteroatoms. The number of urea groups is 1. The highest BCUT2D eigenvalue weighted by Gasteiger charge is 2.19. The van der Waals surface area contributed by atoms with Gasteiger partial charge in [-0.05, 0) is 36.8 Å². The zero-order valence-electron chi connectivity index (χ0n) is 18.6. The second-order valence-corrected chi connectivity index (χ2v) is 8.19. The van der Waals surface area contributed by atoms with E-state index < -0.39 is 17.9 Å². The highest BCUT2D eigenvalue weighted by Crippen LogP contribution is 2.35. The first-order valence-electron chi connectivity index (χ1n) is 10.4. The van der Waals surface area contributed by atoms with Crippen molar-refractivity contribution in [2.24, 2.45) is 0 Å². The number of carbonyl (C=O) groups excluding carboxylic acids is 1. The van der Waals surface area contributed by atoms with Crippen LogP contribution in [0.1, 0.15) is 29.9 Å². The van der Waals surface area contributed by atoms with Crippen molar-refractivity contribution in [2.75, 3.05) is 5.32 Å². The molecule has 1 atom stereocenters. The van der Waals surface area contributed by atoms with Gasteiger partial charge in [-0.1, -0.05) is 29.3 Å². The topological polar surface area (TPSA) is 131 Å². The van der Waals surface area contributed by atoms with E-state index in [1.54, 1.807) is 31.5 Å². The molecule has 0 aliphatic rings. The number of halogens is 3. The SMILES string of the molecule is C[C@H](NC(=O)Nc1cc(OCc2ccc(F)c(C#N)c2)c(Cl)cc1Cl)c1ncnn1-c1ncccn1. The Morgan fingerprint density at radius 2 is 1.97 bits per heavy atom. The number of hydrogen-bond acceptors (Lipinski definition) is 7. The van der Waals surface area contributed by atoms with Crippen LogP contribution < -0.4 is 15.4 Å². The average Bonchev–Trinajstić information content (AvgIpc) is 3.36. The quantitative estimate of drug-likeness (QED) is 0.352. The van der Waals surface area contributed by atoms with E-state index in [0.29, 0.717) is 17.3 Å². The Balaban J connectivity index is 1.44. The average molecular weight is 527 g/mol. The summed E-state index contributed by atoms with van der Waals surface area (Å²) in [6.45, 7) is 1.73. The molecular formula is C23H17Cl2FN8O2. The molecule has 2 heterocycles. The third-order valence-electron chi connectivity index (χ3n) is 4.87. The molecule has 4 aromatic rings. The first-order chi connectivity index (χ1) is 17.4. The van der Waals surface area contributed by atoms with Gasteiger partial charge in [0.15, 0.2) is 5.82 Å². The fourth-order valence-corrected chi connectivity index (χ4v) is 3.65. The first kappa shape index (κ1) is 24.8. The first-order valence-corrected chi connectivity index (χ1v) is 11.2. The number of nitrogens with one attached hydrogen (secondary N) is 2. The number of hydrogen-bond donors (Lipinski definition) is 2. The minimum Gasteiger partial charge on any atom is -0.487 e. The molecule has 4 rings (SSSR count). The van der Waals surface area contributed by atoms with Gasteiger partial charge < -0.3 is 15.4 Å². The van der Waals surface area contributed by atoms with Crippen molar-refractivity contribution in [2.45, 2.75) is 19.6 Å². The number of ether oxygens (including phenoxy) is 1. The van der Waals surface area contributed by atoms with Crippen LogP contribution in [0.4, 0.5) is 14.9 Å². The molecule has 0 aliphatic heterocycles. The molecule has 0 unspecified atom stereocenters. The Kier molecular flexibility index (Phi) is 7.58. The Morgan fingerprint density at radius 1 is 1.19 bits per heavy atom. The molecule has 2 aromatic heterocycles. The minimum absolute atomic E-state index is 0.0101. The second kappa shape index (κ2) is 11.0.